The van der Waals surface area contributed by atoms with Crippen molar-refractivity contribution in [2.75, 3.05) is 0 Å². The lowest BCUT2D eigenvalue weighted by molar-refractivity contribution is -0.107. The summed E-state index contributed by atoms with van der Waals surface area (Å²) >= 11 is 0. The lowest BCUT2D eigenvalue weighted by Crippen LogP contribution is -1.91. The third-order valence-corrected chi connectivity index (χ3v) is 2.63. The van der Waals surface area contributed by atoms with E-state index in [1.165, 1.54) is 29.8 Å². The van der Waals surface area contributed by atoms with Gasteiger partial charge in [-0.1, -0.05) is 0 Å². The van der Waals surface area contributed by atoms with E-state index in [1.807, 2.05) is 0 Å². The molecule has 1 heterocycles. The second-order valence-electron chi connectivity index (χ2n) is 3.54. The first kappa shape index (κ1) is 8.48. The molecule has 13 heavy (non-hydrogen) atoms. The Morgan fingerprint density at radius 3 is 3.23 bits per heavy atom. The molecule has 0 spiro atoms. The topological polar surface area (TPSA) is 45.8 Å². The first-order valence-corrected chi connectivity index (χ1v) is 4.90. The van der Waals surface area contributed by atoms with Crippen LogP contribution in [0.2, 0.25) is 0 Å². The molecule has 0 radical (unpaired) electrons. The highest BCUT2D eigenvalue weighted by atomic mass is 16.1. The number of rotatable bonds is 4. The fourth-order valence-corrected chi connectivity index (χ4v) is 1.95. The lowest BCUT2D eigenvalue weighted by Gasteiger charge is -1.95. The average molecular weight is 178 g/mol. The van der Waals surface area contributed by atoms with E-state index in [9.17, 15) is 4.79 Å². The molecule has 0 saturated carbocycles. The Hall–Kier alpha value is -1.12. The van der Waals surface area contributed by atoms with E-state index in [-0.39, 0.29) is 0 Å². The molecule has 3 heteroatoms. The molecule has 0 bridgehead atoms. The maximum absolute atomic E-state index is 10.1. The Labute approximate surface area is 77.5 Å². The van der Waals surface area contributed by atoms with Crippen molar-refractivity contribution in [3.8, 4) is 0 Å². The summed E-state index contributed by atoms with van der Waals surface area (Å²) in [5.41, 5.74) is 3.93. The zero-order chi connectivity index (χ0) is 9.10. The van der Waals surface area contributed by atoms with Gasteiger partial charge in [0.2, 0.25) is 0 Å². The molecular weight excluding hydrogens is 164 g/mol. The summed E-state index contributed by atoms with van der Waals surface area (Å²) in [6, 6.07) is 0. The SMILES string of the molecule is O=CCCCc1n[nH]c2c1CCC2. The van der Waals surface area contributed by atoms with Crippen LogP contribution in [0, 0.1) is 0 Å². The number of aryl methyl sites for hydroxylation is 2. The molecular formula is C10H14N2O. The summed E-state index contributed by atoms with van der Waals surface area (Å²) in [7, 11) is 0. The number of aromatic nitrogens is 2. The van der Waals surface area contributed by atoms with Crippen molar-refractivity contribution in [1.29, 1.82) is 0 Å². The van der Waals surface area contributed by atoms with Gasteiger partial charge >= 0.3 is 0 Å². The highest BCUT2D eigenvalue weighted by Crippen LogP contribution is 2.23. The second kappa shape index (κ2) is 3.73. The molecule has 1 aliphatic carbocycles. The third-order valence-electron chi connectivity index (χ3n) is 2.63. The van der Waals surface area contributed by atoms with Crippen molar-refractivity contribution >= 4 is 6.29 Å². The Morgan fingerprint density at radius 2 is 2.38 bits per heavy atom. The minimum Gasteiger partial charge on any atom is -0.303 e. The minimum atomic E-state index is 0.654. The van der Waals surface area contributed by atoms with Gasteiger partial charge in [-0.15, -0.1) is 0 Å². The van der Waals surface area contributed by atoms with Gasteiger partial charge in [-0.2, -0.15) is 5.10 Å². The van der Waals surface area contributed by atoms with Crippen LogP contribution in [0.3, 0.4) is 0 Å². The van der Waals surface area contributed by atoms with Crippen LogP contribution in [0.15, 0.2) is 0 Å². The van der Waals surface area contributed by atoms with Crippen molar-refractivity contribution < 1.29 is 4.79 Å². The van der Waals surface area contributed by atoms with E-state index >= 15 is 0 Å². The summed E-state index contributed by atoms with van der Waals surface area (Å²) < 4.78 is 0. The van der Waals surface area contributed by atoms with Gasteiger partial charge in [0.1, 0.15) is 6.29 Å². The Kier molecular flexibility index (Phi) is 2.43. The van der Waals surface area contributed by atoms with E-state index < -0.39 is 0 Å². The van der Waals surface area contributed by atoms with Gasteiger partial charge in [0.25, 0.3) is 0 Å². The van der Waals surface area contributed by atoms with Crippen LogP contribution in [-0.4, -0.2) is 16.5 Å². The van der Waals surface area contributed by atoms with E-state index in [1.54, 1.807) is 0 Å². The van der Waals surface area contributed by atoms with E-state index in [0.717, 1.165) is 25.5 Å². The second-order valence-corrected chi connectivity index (χ2v) is 3.54. The molecule has 1 aliphatic rings. The van der Waals surface area contributed by atoms with Crippen molar-refractivity contribution in [1.82, 2.24) is 10.2 Å². The molecule has 3 nitrogen and oxygen atoms in total. The molecule has 2 rings (SSSR count). The van der Waals surface area contributed by atoms with Crippen molar-refractivity contribution in [2.24, 2.45) is 0 Å². The number of H-pyrrole nitrogens is 1. The van der Waals surface area contributed by atoms with Crippen LogP contribution in [0.4, 0.5) is 0 Å². The van der Waals surface area contributed by atoms with Gasteiger partial charge in [-0.25, -0.2) is 0 Å². The first-order chi connectivity index (χ1) is 6.42. The van der Waals surface area contributed by atoms with Crippen molar-refractivity contribution in [2.45, 2.75) is 38.5 Å². The summed E-state index contributed by atoms with van der Waals surface area (Å²) in [6.07, 6.45) is 7.09. The Balaban J connectivity index is 2.00. The van der Waals surface area contributed by atoms with E-state index in [4.69, 9.17) is 0 Å². The zero-order valence-corrected chi connectivity index (χ0v) is 7.68. The standard InChI is InChI=1S/C10H14N2O/c13-7-2-1-5-9-8-4-3-6-10(8)12-11-9/h7H,1-6H2,(H,11,12). The van der Waals surface area contributed by atoms with Gasteiger partial charge in [-0.05, 0) is 37.7 Å². The van der Waals surface area contributed by atoms with Crippen LogP contribution in [-0.2, 0) is 24.1 Å². The van der Waals surface area contributed by atoms with E-state index in [0.29, 0.717) is 6.42 Å². The molecule has 0 aliphatic heterocycles. The quantitative estimate of drug-likeness (QED) is 0.560. The number of carbonyl (C=O) groups excluding carboxylic acids is 1. The number of hydrogen-bond acceptors (Lipinski definition) is 2. The number of unbranched alkanes of at least 4 members (excludes halogenated alkanes) is 1. The highest BCUT2D eigenvalue weighted by molar-refractivity contribution is 5.49. The average Bonchev–Trinajstić information content (AvgIpc) is 2.68. The molecule has 0 aromatic carbocycles. The maximum atomic E-state index is 10.1. The molecule has 0 unspecified atom stereocenters. The monoisotopic (exact) mass is 178 g/mol. The number of nitrogens with one attached hydrogen (secondary N) is 1. The van der Waals surface area contributed by atoms with Gasteiger partial charge < -0.3 is 4.79 Å². The van der Waals surface area contributed by atoms with E-state index in [2.05, 4.69) is 10.2 Å². The minimum absolute atomic E-state index is 0.654. The van der Waals surface area contributed by atoms with Gasteiger partial charge in [0.05, 0.1) is 5.69 Å². The Morgan fingerprint density at radius 1 is 1.46 bits per heavy atom. The molecule has 1 aromatic rings. The zero-order valence-electron chi connectivity index (χ0n) is 7.68. The van der Waals surface area contributed by atoms with Crippen LogP contribution in [0.1, 0.15) is 36.2 Å². The number of aldehydes is 1. The van der Waals surface area contributed by atoms with Gasteiger partial charge in [-0.3, -0.25) is 5.10 Å². The van der Waals surface area contributed by atoms with Crippen molar-refractivity contribution in [3.63, 3.8) is 0 Å². The van der Waals surface area contributed by atoms with Crippen LogP contribution in [0.5, 0.6) is 0 Å². The molecule has 0 amide bonds. The highest BCUT2D eigenvalue weighted by Gasteiger charge is 2.17. The normalized spacial score (nSPS) is 14.5. The van der Waals surface area contributed by atoms with Gasteiger partial charge in [0, 0.05) is 12.1 Å². The largest absolute Gasteiger partial charge is 0.303 e. The van der Waals surface area contributed by atoms with Gasteiger partial charge in [0.15, 0.2) is 0 Å². The molecule has 0 fully saturated rings. The number of nitrogens with zero attached hydrogens (tertiary/aromatic N) is 1. The predicted molar refractivity (Wildman–Crippen MR) is 49.6 cm³/mol. The van der Waals surface area contributed by atoms with Crippen molar-refractivity contribution in [3.05, 3.63) is 17.0 Å². The maximum Gasteiger partial charge on any atom is 0.120 e. The summed E-state index contributed by atoms with van der Waals surface area (Å²) in [5, 5.41) is 7.34. The number of aromatic amines is 1. The molecule has 1 aromatic heterocycles. The molecule has 1 N–H and O–H groups in total. The third kappa shape index (κ3) is 1.64. The Bertz CT molecular complexity index is 304. The lowest BCUT2D eigenvalue weighted by atomic mass is 10.1. The molecule has 0 saturated heterocycles. The van der Waals surface area contributed by atoms with Crippen LogP contribution < -0.4 is 0 Å². The van der Waals surface area contributed by atoms with Crippen LogP contribution >= 0.6 is 0 Å². The number of hydrogen-bond donors (Lipinski definition) is 1. The fraction of sp³-hybridized carbons (Fsp3) is 0.600. The predicted octanol–water partition coefficient (Wildman–Crippen LogP) is 1.42. The first-order valence-electron chi connectivity index (χ1n) is 4.90. The smallest absolute Gasteiger partial charge is 0.120 e. The fourth-order valence-electron chi connectivity index (χ4n) is 1.95. The summed E-state index contributed by atoms with van der Waals surface area (Å²) in [6.45, 7) is 0. The summed E-state index contributed by atoms with van der Waals surface area (Å²) in [5.74, 6) is 0. The summed E-state index contributed by atoms with van der Waals surface area (Å²) in [4.78, 5) is 10.1. The molecule has 70 valence electrons. The number of carbonyl (C=O) groups is 1. The number of fused-ring (bicyclic) bond motifs is 1. The molecule has 0 atom stereocenters. The van der Waals surface area contributed by atoms with Crippen LogP contribution in [0.25, 0.3) is 0 Å².